The number of thioether (sulfide) groups is 1. The number of hydrogen-bond acceptors (Lipinski definition) is 6. The number of rotatable bonds is 4. The van der Waals surface area contributed by atoms with Crippen molar-refractivity contribution >= 4 is 38.8 Å². The van der Waals surface area contributed by atoms with E-state index in [1.165, 1.54) is 11.3 Å². The fourth-order valence-corrected chi connectivity index (χ4v) is 4.86. The molecule has 0 fully saturated rings. The van der Waals surface area contributed by atoms with Crippen LogP contribution in [0.3, 0.4) is 0 Å². The molecule has 8 heteroatoms. The Kier molecular flexibility index (Phi) is 3.87. The Morgan fingerprint density at radius 2 is 2.22 bits per heavy atom. The summed E-state index contributed by atoms with van der Waals surface area (Å²) in [5, 5.41) is 3.29. The molecular formula is C19H14N4O2S2. The third kappa shape index (κ3) is 2.77. The summed E-state index contributed by atoms with van der Waals surface area (Å²) in [4.78, 5) is 25.6. The van der Waals surface area contributed by atoms with E-state index in [2.05, 4.69) is 9.97 Å². The first-order valence-electron chi connectivity index (χ1n) is 8.35. The van der Waals surface area contributed by atoms with Gasteiger partial charge >= 0.3 is 0 Å². The Morgan fingerprint density at radius 1 is 1.30 bits per heavy atom. The van der Waals surface area contributed by atoms with Crippen LogP contribution in [0.25, 0.3) is 27.1 Å². The van der Waals surface area contributed by atoms with E-state index in [9.17, 15) is 4.79 Å². The van der Waals surface area contributed by atoms with Crippen molar-refractivity contribution in [2.75, 3.05) is 0 Å². The maximum atomic E-state index is 12.7. The van der Waals surface area contributed by atoms with Crippen LogP contribution in [0.4, 0.5) is 0 Å². The summed E-state index contributed by atoms with van der Waals surface area (Å²) in [6.45, 7) is 2.01. The predicted octanol–water partition coefficient (Wildman–Crippen LogP) is 4.75. The Hall–Kier alpha value is -2.84. The molecule has 0 radical (unpaired) electrons. The van der Waals surface area contributed by atoms with E-state index in [-0.39, 0.29) is 10.8 Å². The summed E-state index contributed by atoms with van der Waals surface area (Å²) in [5.41, 5.74) is 1.66. The number of pyridine rings is 1. The van der Waals surface area contributed by atoms with Gasteiger partial charge in [0.05, 0.1) is 28.6 Å². The van der Waals surface area contributed by atoms with Crippen LogP contribution in [0.15, 0.2) is 68.7 Å². The molecule has 1 atom stereocenters. The second-order valence-corrected chi connectivity index (χ2v) is 8.22. The van der Waals surface area contributed by atoms with Gasteiger partial charge in [0.25, 0.3) is 5.56 Å². The highest BCUT2D eigenvalue weighted by atomic mass is 32.2. The number of nitrogens with one attached hydrogen (secondary N) is 1. The smallest absolute Gasteiger partial charge is 0.260 e. The van der Waals surface area contributed by atoms with Crippen molar-refractivity contribution in [3.8, 4) is 11.3 Å². The normalized spacial score (nSPS) is 12.8. The first kappa shape index (κ1) is 16.3. The van der Waals surface area contributed by atoms with Crippen LogP contribution >= 0.6 is 23.1 Å². The van der Waals surface area contributed by atoms with Crippen molar-refractivity contribution in [2.45, 2.75) is 17.3 Å². The summed E-state index contributed by atoms with van der Waals surface area (Å²) in [5.74, 6) is 1.31. The number of furan rings is 1. The largest absolute Gasteiger partial charge is 0.464 e. The van der Waals surface area contributed by atoms with E-state index >= 15 is 0 Å². The number of hydrogen-bond donors (Lipinski definition) is 1. The minimum Gasteiger partial charge on any atom is -0.464 e. The molecule has 5 heterocycles. The Labute approximate surface area is 161 Å². The zero-order valence-corrected chi connectivity index (χ0v) is 15.9. The van der Waals surface area contributed by atoms with Gasteiger partial charge in [0.2, 0.25) is 0 Å². The van der Waals surface area contributed by atoms with Gasteiger partial charge in [-0.3, -0.25) is 9.20 Å². The van der Waals surface area contributed by atoms with Gasteiger partial charge in [-0.05, 0) is 31.2 Å². The second kappa shape index (κ2) is 6.40. The van der Waals surface area contributed by atoms with Gasteiger partial charge in [0.1, 0.15) is 16.4 Å². The molecule has 0 spiro atoms. The maximum absolute atomic E-state index is 12.7. The summed E-state index contributed by atoms with van der Waals surface area (Å²) in [6.07, 6.45) is 5.41. The Balaban J connectivity index is 1.52. The fraction of sp³-hybridized carbons (Fsp3) is 0.105. The molecule has 134 valence electrons. The number of fused-ring (bicyclic) bond motifs is 2. The lowest BCUT2D eigenvalue weighted by Crippen LogP contribution is -2.12. The molecule has 0 saturated heterocycles. The van der Waals surface area contributed by atoms with E-state index in [1.807, 2.05) is 59.4 Å². The van der Waals surface area contributed by atoms with E-state index in [0.717, 1.165) is 16.2 Å². The number of H-pyrrole nitrogens is 1. The van der Waals surface area contributed by atoms with Gasteiger partial charge in [-0.1, -0.05) is 17.8 Å². The lowest BCUT2D eigenvalue weighted by atomic mass is 10.2. The van der Waals surface area contributed by atoms with E-state index < -0.39 is 0 Å². The summed E-state index contributed by atoms with van der Waals surface area (Å²) in [6, 6.07) is 9.61. The highest BCUT2D eigenvalue weighted by Gasteiger charge is 2.19. The molecule has 6 nitrogen and oxygen atoms in total. The van der Waals surface area contributed by atoms with Crippen LogP contribution in [0.5, 0.6) is 0 Å². The summed E-state index contributed by atoms with van der Waals surface area (Å²) < 4.78 is 7.47. The molecular weight excluding hydrogens is 380 g/mol. The first-order valence-corrected chi connectivity index (χ1v) is 10.1. The van der Waals surface area contributed by atoms with Crippen LogP contribution in [-0.4, -0.2) is 19.4 Å². The average molecular weight is 394 g/mol. The summed E-state index contributed by atoms with van der Waals surface area (Å²) >= 11 is 3.01. The minimum absolute atomic E-state index is 0.0536. The maximum Gasteiger partial charge on any atom is 0.260 e. The van der Waals surface area contributed by atoms with Crippen molar-refractivity contribution < 1.29 is 4.42 Å². The third-order valence-corrected chi connectivity index (χ3v) is 6.28. The number of aromatic amines is 1. The molecule has 5 rings (SSSR count). The zero-order valence-electron chi connectivity index (χ0n) is 14.2. The molecule has 0 amide bonds. The number of aromatic nitrogens is 4. The SMILES string of the molecule is CC(Sc1ncc2ccccn12)c1nc2scc(-c3ccco3)c2c(=O)[nH]1. The van der Waals surface area contributed by atoms with Gasteiger partial charge in [-0.25, -0.2) is 9.97 Å². The van der Waals surface area contributed by atoms with E-state index in [4.69, 9.17) is 9.40 Å². The lowest BCUT2D eigenvalue weighted by Gasteiger charge is -2.09. The highest BCUT2D eigenvalue weighted by Crippen LogP contribution is 2.35. The second-order valence-electron chi connectivity index (χ2n) is 6.05. The molecule has 1 N–H and O–H groups in total. The molecule has 0 aliphatic heterocycles. The Bertz CT molecular complexity index is 1300. The first-order chi connectivity index (χ1) is 13.2. The van der Waals surface area contributed by atoms with Crippen molar-refractivity contribution in [3.05, 3.63) is 70.5 Å². The predicted molar refractivity (Wildman–Crippen MR) is 107 cm³/mol. The molecule has 0 bridgehead atoms. The van der Waals surface area contributed by atoms with Crippen LogP contribution in [0, 0.1) is 0 Å². The monoisotopic (exact) mass is 394 g/mol. The van der Waals surface area contributed by atoms with E-state index in [1.54, 1.807) is 18.0 Å². The molecule has 0 aromatic carbocycles. The molecule has 0 saturated carbocycles. The van der Waals surface area contributed by atoms with Gasteiger partial charge in [-0.2, -0.15) is 0 Å². The molecule has 0 aliphatic carbocycles. The fourth-order valence-electron chi connectivity index (χ4n) is 2.99. The minimum atomic E-state index is -0.150. The highest BCUT2D eigenvalue weighted by molar-refractivity contribution is 7.99. The molecule has 1 unspecified atom stereocenters. The summed E-state index contributed by atoms with van der Waals surface area (Å²) in [7, 11) is 0. The van der Waals surface area contributed by atoms with Crippen LogP contribution in [-0.2, 0) is 0 Å². The standard InChI is InChI=1S/C19H14N4O2S2/c1-11(27-19-20-9-12-5-2-3-7-23(12)19)16-21-17(24)15-13(10-26-18(15)22-16)14-6-4-8-25-14/h2-11H,1H3,(H,21,22,24). The lowest BCUT2D eigenvalue weighted by molar-refractivity contribution is 0.583. The van der Waals surface area contributed by atoms with Crippen molar-refractivity contribution in [1.82, 2.24) is 19.4 Å². The molecule has 27 heavy (non-hydrogen) atoms. The topological polar surface area (TPSA) is 76.2 Å². The number of thiophene rings is 1. The third-order valence-electron chi connectivity index (χ3n) is 4.32. The van der Waals surface area contributed by atoms with Gasteiger partial charge in [-0.15, -0.1) is 11.3 Å². The quantitative estimate of drug-likeness (QED) is 0.445. The molecule has 5 aromatic rings. The van der Waals surface area contributed by atoms with Crippen LogP contribution < -0.4 is 5.56 Å². The van der Waals surface area contributed by atoms with Crippen molar-refractivity contribution in [3.63, 3.8) is 0 Å². The van der Waals surface area contributed by atoms with Gasteiger partial charge in [0.15, 0.2) is 5.16 Å². The van der Waals surface area contributed by atoms with E-state index in [0.29, 0.717) is 21.8 Å². The average Bonchev–Trinajstić information content (AvgIpc) is 3.41. The Morgan fingerprint density at radius 3 is 3.07 bits per heavy atom. The zero-order chi connectivity index (χ0) is 18.4. The van der Waals surface area contributed by atoms with Crippen LogP contribution in [0.1, 0.15) is 18.0 Å². The van der Waals surface area contributed by atoms with Gasteiger partial charge in [0, 0.05) is 17.1 Å². The molecule has 5 aromatic heterocycles. The van der Waals surface area contributed by atoms with Crippen LogP contribution in [0.2, 0.25) is 0 Å². The number of imidazole rings is 1. The van der Waals surface area contributed by atoms with Crippen molar-refractivity contribution in [1.29, 1.82) is 0 Å². The van der Waals surface area contributed by atoms with Crippen molar-refractivity contribution in [2.24, 2.45) is 0 Å². The molecule has 0 aliphatic rings. The van der Waals surface area contributed by atoms with Gasteiger partial charge < -0.3 is 9.40 Å². The number of nitrogens with zero attached hydrogens (tertiary/aromatic N) is 3.